The molecule has 1 heterocycles. The summed E-state index contributed by atoms with van der Waals surface area (Å²) in [5.41, 5.74) is 10.3. The van der Waals surface area contributed by atoms with Crippen LogP contribution in [0.4, 0.5) is 0 Å². The fraction of sp³-hybridized carbons (Fsp3) is 0.438. The summed E-state index contributed by atoms with van der Waals surface area (Å²) in [6, 6.07) is 6.77. The minimum Gasteiger partial charge on any atom is -0.338 e. The van der Waals surface area contributed by atoms with Gasteiger partial charge in [0, 0.05) is 31.9 Å². The van der Waals surface area contributed by atoms with Gasteiger partial charge in [-0.25, -0.2) is 4.98 Å². The highest BCUT2D eigenvalue weighted by Crippen LogP contribution is 2.14. The first kappa shape index (κ1) is 13.8. The third-order valence-electron chi connectivity index (χ3n) is 3.65. The minimum atomic E-state index is 0.192. The van der Waals surface area contributed by atoms with Crippen LogP contribution in [-0.4, -0.2) is 15.6 Å². The predicted molar refractivity (Wildman–Crippen MR) is 79.1 cm³/mol. The van der Waals surface area contributed by atoms with Crippen molar-refractivity contribution in [3.63, 3.8) is 0 Å². The van der Waals surface area contributed by atoms with Crippen molar-refractivity contribution in [3.8, 4) is 0 Å². The zero-order valence-corrected chi connectivity index (χ0v) is 12.1. The van der Waals surface area contributed by atoms with Crippen LogP contribution in [0, 0.1) is 13.8 Å². The van der Waals surface area contributed by atoms with Crippen LogP contribution in [0.1, 0.15) is 28.9 Å². The Morgan fingerprint density at radius 1 is 1.32 bits per heavy atom. The normalized spacial score (nSPS) is 12.6. The summed E-state index contributed by atoms with van der Waals surface area (Å²) in [7, 11) is 2.03. The molecule has 2 N–H and O–H groups in total. The number of aryl methyl sites for hydroxylation is 4. The van der Waals surface area contributed by atoms with Crippen LogP contribution in [0.25, 0.3) is 0 Å². The Morgan fingerprint density at radius 3 is 2.79 bits per heavy atom. The molecule has 19 heavy (non-hydrogen) atoms. The number of aromatic nitrogens is 2. The van der Waals surface area contributed by atoms with Crippen LogP contribution in [0.15, 0.2) is 30.6 Å². The van der Waals surface area contributed by atoms with E-state index in [4.69, 9.17) is 5.73 Å². The third kappa shape index (κ3) is 3.67. The first-order valence-electron chi connectivity index (χ1n) is 6.84. The van der Waals surface area contributed by atoms with Gasteiger partial charge in [0.1, 0.15) is 5.82 Å². The second kappa shape index (κ2) is 6.02. The van der Waals surface area contributed by atoms with Gasteiger partial charge in [-0.2, -0.15) is 0 Å². The SMILES string of the molecule is Cc1ccc(C)c(CC(N)CCc2nccn2C)c1. The lowest BCUT2D eigenvalue weighted by Crippen LogP contribution is -2.24. The third-order valence-corrected chi connectivity index (χ3v) is 3.65. The maximum atomic E-state index is 6.25. The molecule has 1 aromatic carbocycles. The van der Waals surface area contributed by atoms with Crippen molar-refractivity contribution in [1.82, 2.24) is 9.55 Å². The highest BCUT2D eigenvalue weighted by Gasteiger charge is 2.08. The second-order valence-electron chi connectivity index (χ2n) is 5.39. The molecule has 0 aliphatic carbocycles. The van der Waals surface area contributed by atoms with Crippen LogP contribution in [0.5, 0.6) is 0 Å². The first-order chi connectivity index (χ1) is 9.06. The van der Waals surface area contributed by atoms with E-state index in [9.17, 15) is 0 Å². The van der Waals surface area contributed by atoms with Crippen molar-refractivity contribution < 1.29 is 0 Å². The summed E-state index contributed by atoms with van der Waals surface area (Å²) < 4.78 is 2.06. The van der Waals surface area contributed by atoms with E-state index in [0.717, 1.165) is 25.1 Å². The summed E-state index contributed by atoms with van der Waals surface area (Å²) in [5.74, 6) is 1.11. The van der Waals surface area contributed by atoms with E-state index in [0.29, 0.717) is 0 Å². The van der Waals surface area contributed by atoms with Gasteiger partial charge in [0.2, 0.25) is 0 Å². The van der Waals surface area contributed by atoms with Crippen molar-refractivity contribution >= 4 is 0 Å². The Balaban J connectivity index is 1.92. The van der Waals surface area contributed by atoms with Crippen molar-refractivity contribution in [2.24, 2.45) is 12.8 Å². The topological polar surface area (TPSA) is 43.8 Å². The second-order valence-corrected chi connectivity index (χ2v) is 5.39. The Kier molecular flexibility index (Phi) is 4.38. The molecule has 0 aliphatic heterocycles. The molecule has 2 rings (SSSR count). The zero-order valence-electron chi connectivity index (χ0n) is 12.1. The fourth-order valence-corrected chi connectivity index (χ4v) is 2.36. The predicted octanol–water partition coefficient (Wildman–Crippen LogP) is 2.54. The molecular weight excluding hydrogens is 234 g/mol. The molecule has 0 bridgehead atoms. The van der Waals surface area contributed by atoms with Gasteiger partial charge in [0.05, 0.1) is 0 Å². The minimum absolute atomic E-state index is 0.192. The number of hydrogen-bond donors (Lipinski definition) is 1. The molecule has 1 atom stereocenters. The highest BCUT2D eigenvalue weighted by atomic mass is 15.0. The van der Waals surface area contributed by atoms with Gasteiger partial charge in [-0.15, -0.1) is 0 Å². The van der Waals surface area contributed by atoms with Gasteiger partial charge in [-0.1, -0.05) is 23.8 Å². The van der Waals surface area contributed by atoms with Crippen LogP contribution < -0.4 is 5.73 Å². The summed E-state index contributed by atoms with van der Waals surface area (Å²) in [4.78, 5) is 4.33. The Morgan fingerprint density at radius 2 is 2.11 bits per heavy atom. The summed E-state index contributed by atoms with van der Waals surface area (Å²) in [5, 5.41) is 0. The van der Waals surface area contributed by atoms with Gasteiger partial charge in [0.25, 0.3) is 0 Å². The number of hydrogen-bond acceptors (Lipinski definition) is 2. The van der Waals surface area contributed by atoms with E-state index in [1.165, 1.54) is 16.7 Å². The monoisotopic (exact) mass is 257 g/mol. The van der Waals surface area contributed by atoms with Crippen LogP contribution in [0.2, 0.25) is 0 Å². The number of benzene rings is 1. The smallest absolute Gasteiger partial charge is 0.108 e. The van der Waals surface area contributed by atoms with Gasteiger partial charge in [-0.05, 0) is 37.8 Å². The van der Waals surface area contributed by atoms with E-state index in [1.807, 2.05) is 19.4 Å². The Labute approximate surface area is 115 Å². The van der Waals surface area contributed by atoms with Crippen molar-refractivity contribution in [1.29, 1.82) is 0 Å². The standard InChI is InChI=1S/C16H23N3/c1-12-4-5-13(2)14(10-12)11-15(17)6-7-16-18-8-9-19(16)3/h4-5,8-10,15H,6-7,11,17H2,1-3H3. The number of imidazole rings is 1. The molecule has 0 aliphatic rings. The maximum absolute atomic E-state index is 6.25. The van der Waals surface area contributed by atoms with E-state index in [-0.39, 0.29) is 6.04 Å². The molecular formula is C16H23N3. The van der Waals surface area contributed by atoms with E-state index in [1.54, 1.807) is 0 Å². The van der Waals surface area contributed by atoms with Crippen molar-refractivity contribution in [3.05, 3.63) is 53.1 Å². The number of rotatable bonds is 5. The molecule has 0 fully saturated rings. The molecule has 0 amide bonds. The molecule has 2 aromatic rings. The summed E-state index contributed by atoms with van der Waals surface area (Å²) in [6.45, 7) is 4.28. The molecule has 102 valence electrons. The first-order valence-corrected chi connectivity index (χ1v) is 6.84. The number of nitrogens with two attached hydrogens (primary N) is 1. The summed E-state index contributed by atoms with van der Waals surface area (Å²) >= 11 is 0. The lowest BCUT2D eigenvalue weighted by molar-refractivity contribution is 0.588. The molecule has 0 spiro atoms. The lowest BCUT2D eigenvalue weighted by atomic mass is 9.97. The van der Waals surface area contributed by atoms with E-state index >= 15 is 0 Å². The van der Waals surface area contributed by atoms with Crippen LogP contribution >= 0.6 is 0 Å². The van der Waals surface area contributed by atoms with Gasteiger partial charge < -0.3 is 10.3 Å². The zero-order chi connectivity index (χ0) is 13.8. The highest BCUT2D eigenvalue weighted by molar-refractivity contribution is 5.31. The maximum Gasteiger partial charge on any atom is 0.108 e. The Hall–Kier alpha value is -1.61. The summed E-state index contributed by atoms with van der Waals surface area (Å²) in [6.07, 6.45) is 6.67. The van der Waals surface area contributed by atoms with Gasteiger partial charge in [0.15, 0.2) is 0 Å². The van der Waals surface area contributed by atoms with Crippen molar-refractivity contribution in [2.75, 3.05) is 0 Å². The quantitative estimate of drug-likeness (QED) is 0.894. The molecule has 0 saturated carbocycles. The average molecular weight is 257 g/mol. The van der Waals surface area contributed by atoms with Crippen molar-refractivity contribution in [2.45, 2.75) is 39.2 Å². The lowest BCUT2D eigenvalue weighted by Gasteiger charge is -2.14. The Bertz CT molecular complexity index is 543. The average Bonchev–Trinajstić information content (AvgIpc) is 2.77. The van der Waals surface area contributed by atoms with Crippen LogP contribution in [0.3, 0.4) is 0 Å². The molecule has 1 unspecified atom stereocenters. The van der Waals surface area contributed by atoms with Crippen LogP contribution in [-0.2, 0) is 19.9 Å². The number of nitrogens with zero attached hydrogens (tertiary/aromatic N) is 2. The molecule has 0 radical (unpaired) electrons. The van der Waals surface area contributed by atoms with Gasteiger partial charge in [-0.3, -0.25) is 0 Å². The van der Waals surface area contributed by atoms with E-state index in [2.05, 4.69) is 41.6 Å². The molecule has 1 aromatic heterocycles. The van der Waals surface area contributed by atoms with Gasteiger partial charge >= 0.3 is 0 Å². The molecule has 0 saturated heterocycles. The molecule has 3 heteroatoms. The largest absolute Gasteiger partial charge is 0.338 e. The fourth-order valence-electron chi connectivity index (χ4n) is 2.36. The molecule has 3 nitrogen and oxygen atoms in total. The van der Waals surface area contributed by atoms with E-state index < -0.39 is 0 Å².